The van der Waals surface area contributed by atoms with Crippen molar-refractivity contribution in [3.05, 3.63) is 41.5 Å². The Hall–Kier alpha value is -1.87. The smallest absolute Gasteiger partial charge is 0.241 e. The number of carbonyl (C=O) groups excluding carboxylic acids is 1. The van der Waals surface area contributed by atoms with Gasteiger partial charge in [-0.25, -0.2) is 0 Å². The first-order valence-corrected chi connectivity index (χ1v) is 7.41. The Labute approximate surface area is 118 Å². The molecule has 3 heteroatoms. The molecular weight excluding hydrogens is 248 g/mol. The number of nitrogens with one attached hydrogen (secondary N) is 2. The molecule has 4 rings (SSSR count). The number of anilines is 1. The van der Waals surface area contributed by atoms with Gasteiger partial charge in [-0.2, -0.15) is 0 Å². The molecule has 3 nitrogen and oxygen atoms in total. The zero-order valence-corrected chi connectivity index (χ0v) is 11.4. The lowest BCUT2D eigenvalue weighted by atomic mass is 10.0. The van der Waals surface area contributed by atoms with Crippen LogP contribution in [-0.2, 0) is 17.6 Å². The summed E-state index contributed by atoms with van der Waals surface area (Å²) in [5.74, 6) is 0.0983. The molecule has 20 heavy (non-hydrogen) atoms. The Bertz CT molecular complexity index is 676. The van der Waals surface area contributed by atoms with Gasteiger partial charge in [-0.3, -0.25) is 4.79 Å². The highest BCUT2D eigenvalue weighted by Crippen LogP contribution is 2.35. The van der Waals surface area contributed by atoms with Gasteiger partial charge in [0.15, 0.2) is 0 Å². The van der Waals surface area contributed by atoms with Crippen molar-refractivity contribution in [2.45, 2.75) is 31.7 Å². The molecule has 1 saturated heterocycles. The van der Waals surface area contributed by atoms with Crippen molar-refractivity contribution in [1.29, 1.82) is 0 Å². The van der Waals surface area contributed by atoms with Crippen LogP contribution < -0.4 is 10.6 Å². The Morgan fingerprint density at radius 3 is 2.80 bits per heavy atom. The molecule has 1 amide bonds. The molecule has 1 unspecified atom stereocenters. The summed E-state index contributed by atoms with van der Waals surface area (Å²) in [6.45, 7) is 0.946. The maximum Gasteiger partial charge on any atom is 0.241 e. The fourth-order valence-corrected chi connectivity index (χ4v) is 3.48. The minimum absolute atomic E-state index is 0.0296. The summed E-state index contributed by atoms with van der Waals surface area (Å²) in [7, 11) is 0. The number of benzene rings is 2. The highest BCUT2D eigenvalue weighted by Gasteiger charge is 2.23. The number of hydrogen-bond acceptors (Lipinski definition) is 2. The second kappa shape index (κ2) is 4.60. The normalized spacial score (nSPS) is 20.5. The van der Waals surface area contributed by atoms with Crippen LogP contribution in [0.5, 0.6) is 0 Å². The first-order chi connectivity index (χ1) is 9.83. The molecule has 0 radical (unpaired) electrons. The van der Waals surface area contributed by atoms with Crippen molar-refractivity contribution in [3.63, 3.8) is 0 Å². The van der Waals surface area contributed by atoms with E-state index in [1.165, 1.54) is 21.9 Å². The van der Waals surface area contributed by atoms with Gasteiger partial charge in [-0.05, 0) is 54.8 Å². The van der Waals surface area contributed by atoms with Gasteiger partial charge in [0, 0.05) is 11.1 Å². The van der Waals surface area contributed by atoms with E-state index < -0.39 is 0 Å². The van der Waals surface area contributed by atoms with E-state index >= 15 is 0 Å². The first-order valence-electron chi connectivity index (χ1n) is 7.41. The topological polar surface area (TPSA) is 41.1 Å². The van der Waals surface area contributed by atoms with E-state index in [0.29, 0.717) is 0 Å². The zero-order chi connectivity index (χ0) is 13.5. The maximum absolute atomic E-state index is 12.3. The molecule has 2 aromatic carbocycles. The number of amides is 1. The predicted molar refractivity (Wildman–Crippen MR) is 81.0 cm³/mol. The van der Waals surface area contributed by atoms with Gasteiger partial charge in [-0.1, -0.05) is 24.3 Å². The molecule has 1 aliphatic heterocycles. The molecule has 0 aromatic heterocycles. The Morgan fingerprint density at radius 1 is 1.15 bits per heavy atom. The molecule has 1 fully saturated rings. The molecule has 1 heterocycles. The van der Waals surface area contributed by atoms with Crippen molar-refractivity contribution in [2.24, 2.45) is 0 Å². The second-order valence-corrected chi connectivity index (χ2v) is 5.75. The average molecular weight is 266 g/mol. The van der Waals surface area contributed by atoms with Gasteiger partial charge in [0.2, 0.25) is 5.91 Å². The largest absolute Gasteiger partial charge is 0.324 e. The van der Waals surface area contributed by atoms with E-state index in [-0.39, 0.29) is 11.9 Å². The van der Waals surface area contributed by atoms with Crippen molar-refractivity contribution in [1.82, 2.24) is 5.32 Å². The van der Waals surface area contributed by atoms with Crippen LogP contribution in [0.3, 0.4) is 0 Å². The van der Waals surface area contributed by atoms with Gasteiger partial charge in [0.05, 0.1) is 6.04 Å². The number of rotatable bonds is 2. The highest BCUT2D eigenvalue weighted by molar-refractivity contribution is 6.06. The van der Waals surface area contributed by atoms with E-state index in [0.717, 1.165) is 37.9 Å². The average Bonchev–Trinajstić information content (AvgIpc) is 3.12. The second-order valence-electron chi connectivity index (χ2n) is 5.75. The third-order valence-electron chi connectivity index (χ3n) is 4.51. The molecule has 0 spiro atoms. The summed E-state index contributed by atoms with van der Waals surface area (Å²) in [5.41, 5.74) is 3.77. The Morgan fingerprint density at radius 2 is 2.00 bits per heavy atom. The fraction of sp³-hybridized carbons (Fsp3) is 0.353. The fourth-order valence-electron chi connectivity index (χ4n) is 3.48. The van der Waals surface area contributed by atoms with Crippen LogP contribution in [0.25, 0.3) is 10.8 Å². The van der Waals surface area contributed by atoms with Crippen LogP contribution in [0, 0.1) is 0 Å². The Balaban J connectivity index is 1.72. The van der Waals surface area contributed by atoms with Gasteiger partial charge in [0.1, 0.15) is 0 Å². The molecule has 2 N–H and O–H groups in total. The lowest BCUT2D eigenvalue weighted by Gasteiger charge is -2.14. The zero-order valence-electron chi connectivity index (χ0n) is 11.4. The quantitative estimate of drug-likeness (QED) is 0.877. The Kier molecular flexibility index (Phi) is 2.74. The van der Waals surface area contributed by atoms with Crippen molar-refractivity contribution in [3.8, 4) is 0 Å². The summed E-state index contributed by atoms with van der Waals surface area (Å²) in [6.07, 6.45) is 4.26. The van der Waals surface area contributed by atoms with E-state index in [1.807, 2.05) is 0 Å². The van der Waals surface area contributed by atoms with Crippen LogP contribution in [0.1, 0.15) is 24.0 Å². The van der Waals surface area contributed by atoms with Gasteiger partial charge in [0.25, 0.3) is 0 Å². The molecule has 0 saturated carbocycles. The molecule has 2 aliphatic rings. The summed E-state index contributed by atoms with van der Waals surface area (Å²) in [5, 5.41) is 8.89. The summed E-state index contributed by atoms with van der Waals surface area (Å²) in [6, 6.07) is 10.6. The van der Waals surface area contributed by atoms with Crippen LogP contribution >= 0.6 is 0 Å². The number of hydrogen-bond donors (Lipinski definition) is 2. The third kappa shape index (κ3) is 1.81. The first kappa shape index (κ1) is 11.9. The summed E-state index contributed by atoms with van der Waals surface area (Å²) in [4.78, 5) is 12.3. The molecule has 0 bridgehead atoms. The van der Waals surface area contributed by atoms with Crippen LogP contribution in [0.2, 0.25) is 0 Å². The van der Waals surface area contributed by atoms with Crippen LogP contribution in [0.4, 0.5) is 5.69 Å². The van der Waals surface area contributed by atoms with Crippen molar-refractivity contribution in [2.75, 3.05) is 11.9 Å². The minimum Gasteiger partial charge on any atom is -0.324 e. The lowest BCUT2D eigenvalue weighted by Crippen LogP contribution is -2.35. The van der Waals surface area contributed by atoms with E-state index in [2.05, 4.69) is 41.0 Å². The van der Waals surface area contributed by atoms with E-state index in [9.17, 15) is 4.79 Å². The van der Waals surface area contributed by atoms with E-state index in [1.54, 1.807) is 0 Å². The highest BCUT2D eigenvalue weighted by atomic mass is 16.2. The van der Waals surface area contributed by atoms with Gasteiger partial charge in [-0.15, -0.1) is 0 Å². The summed E-state index contributed by atoms with van der Waals surface area (Å²) < 4.78 is 0. The minimum atomic E-state index is -0.0296. The monoisotopic (exact) mass is 266 g/mol. The van der Waals surface area contributed by atoms with Crippen LogP contribution in [-0.4, -0.2) is 18.5 Å². The maximum atomic E-state index is 12.3. The molecule has 2 aromatic rings. The van der Waals surface area contributed by atoms with Crippen molar-refractivity contribution < 1.29 is 4.79 Å². The van der Waals surface area contributed by atoms with Crippen molar-refractivity contribution >= 4 is 22.4 Å². The summed E-state index contributed by atoms with van der Waals surface area (Å²) >= 11 is 0. The van der Waals surface area contributed by atoms with Crippen LogP contribution in [0.15, 0.2) is 30.3 Å². The van der Waals surface area contributed by atoms with Gasteiger partial charge < -0.3 is 10.6 Å². The lowest BCUT2D eigenvalue weighted by molar-refractivity contribution is -0.117. The third-order valence-corrected chi connectivity index (χ3v) is 4.51. The van der Waals surface area contributed by atoms with Gasteiger partial charge >= 0.3 is 0 Å². The molecule has 1 aliphatic carbocycles. The number of carbonyl (C=O) groups is 1. The standard InChI is InChI=1S/C17H18N2O/c20-17(15-5-2-10-18-15)19-14-9-8-12-7-6-11-3-1-4-13(14)16(11)12/h1,3-4,8-9,15,18H,2,5-7,10H2,(H,19,20). The van der Waals surface area contributed by atoms with E-state index in [4.69, 9.17) is 0 Å². The molecular formula is C17H18N2O. The predicted octanol–water partition coefficient (Wildman–Crippen LogP) is 2.63. The molecule has 102 valence electrons. The number of aryl methyl sites for hydroxylation is 2. The molecule has 1 atom stereocenters. The SMILES string of the molecule is O=C(Nc1ccc2c3c(cccc13)CC2)C1CCCN1.